The maximum atomic E-state index is 12.7. The number of thioether (sulfide) groups is 1. The molecule has 6 N–H and O–H groups in total. The van der Waals surface area contributed by atoms with Gasteiger partial charge >= 0.3 is 0 Å². The molecule has 4 aromatic rings. The van der Waals surface area contributed by atoms with Crippen LogP contribution < -0.4 is 16.4 Å². The Morgan fingerprint density at radius 2 is 1.51 bits per heavy atom. The molecule has 0 aromatic heterocycles. The lowest BCUT2D eigenvalue weighted by Gasteiger charge is -2.36. The number of rotatable bonds is 16. The second kappa shape index (κ2) is 18.5. The van der Waals surface area contributed by atoms with Gasteiger partial charge in [0.2, 0.25) is 11.8 Å². The number of aliphatic hydroxyl groups excluding tert-OH is 2. The number of carbonyl (C=O) groups is 2. The van der Waals surface area contributed by atoms with E-state index < -0.39 is 6.29 Å². The lowest BCUT2D eigenvalue weighted by atomic mass is 9.97. The van der Waals surface area contributed by atoms with Crippen molar-refractivity contribution in [1.29, 1.82) is 0 Å². The van der Waals surface area contributed by atoms with E-state index in [-0.39, 0.29) is 37.2 Å². The minimum Gasteiger partial charge on any atom is -0.397 e. The van der Waals surface area contributed by atoms with E-state index in [0.29, 0.717) is 55.8 Å². The fraction of sp³-hybridized carbons (Fsp3) is 0.333. The third-order valence-corrected chi connectivity index (χ3v) is 9.51. The van der Waals surface area contributed by atoms with Crippen LogP contribution in [0, 0.1) is 0 Å². The van der Waals surface area contributed by atoms with E-state index in [9.17, 15) is 19.8 Å². The number of hydrogen-bond acceptors (Lipinski definition) is 8. The highest BCUT2D eigenvalue weighted by molar-refractivity contribution is 7.99. The van der Waals surface area contributed by atoms with Gasteiger partial charge in [-0.2, -0.15) is 11.8 Å². The number of para-hydroxylation sites is 2. The molecule has 9 nitrogen and oxygen atoms in total. The van der Waals surface area contributed by atoms with Crippen LogP contribution in [0.25, 0.3) is 11.1 Å². The van der Waals surface area contributed by atoms with E-state index >= 15 is 0 Å². The average molecular weight is 684 g/mol. The van der Waals surface area contributed by atoms with Gasteiger partial charge in [-0.05, 0) is 52.8 Å². The van der Waals surface area contributed by atoms with Crippen molar-refractivity contribution in [2.24, 2.45) is 0 Å². The summed E-state index contributed by atoms with van der Waals surface area (Å²) in [7, 11) is 0. The molecule has 5 rings (SSSR count). The van der Waals surface area contributed by atoms with Crippen LogP contribution in [-0.2, 0) is 32.2 Å². The molecule has 1 saturated heterocycles. The Hall–Kier alpha value is -4.19. The van der Waals surface area contributed by atoms with Crippen LogP contribution in [-0.4, -0.2) is 46.2 Å². The normalized spacial score (nSPS) is 17.4. The monoisotopic (exact) mass is 683 g/mol. The van der Waals surface area contributed by atoms with Crippen LogP contribution in [0.15, 0.2) is 97.1 Å². The Kier molecular flexibility index (Phi) is 13.7. The van der Waals surface area contributed by atoms with E-state index in [2.05, 4.69) is 10.6 Å². The number of nitrogens with one attached hydrogen (secondary N) is 2. The maximum Gasteiger partial charge on any atom is 0.224 e. The van der Waals surface area contributed by atoms with E-state index in [1.165, 1.54) is 0 Å². The fourth-order valence-corrected chi connectivity index (χ4v) is 6.53. The van der Waals surface area contributed by atoms with Crippen molar-refractivity contribution in [2.45, 2.75) is 63.8 Å². The van der Waals surface area contributed by atoms with Crippen molar-refractivity contribution < 1.29 is 29.3 Å². The number of hydrogen-bond donors (Lipinski definition) is 5. The molecule has 0 radical (unpaired) electrons. The molecule has 1 heterocycles. The molecule has 1 fully saturated rings. The minimum atomic E-state index is -0.554. The third kappa shape index (κ3) is 10.6. The second-order valence-electron chi connectivity index (χ2n) is 12.0. The van der Waals surface area contributed by atoms with Gasteiger partial charge in [-0.3, -0.25) is 9.59 Å². The quantitative estimate of drug-likeness (QED) is 0.0664. The van der Waals surface area contributed by atoms with E-state index in [1.807, 2.05) is 84.9 Å². The number of ether oxygens (including phenoxy) is 2. The Labute approximate surface area is 292 Å². The van der Waals surface area contributed by atoms with E-state index in [4.69, 9.17) is 15.2 Å². The van der Waals surface area contributed by atoms with Gasteiger partial charge in [-0.15, -0.1) is 0 Å². The molecule has 0 spiro atoms. The van der Waals surface area contributed by atoms with Crippen molar-refractivity contribution >= 4 is 35.0 Å². The van der Waals surface area contributed by atoms with Crippen LogP contribution in [0.3, 0.4) is 0 Å². The topological polar surface area (TPSA) is 143 Å². The minimum absolute atomic E-state index is 0.00615. The lowest BCUT2D eigenvalue weighted by Crippen LogP contribution is -2.31. The number of anilines is 2. The smallest absolute Gasteiger partial charge is 0.224 e. The van der Waals surface area contributed by atoms with E-state index in [0.717, 1.165) is 39.1 Å². The molecule has 4 aromatic carbocycles. The Morgan fingerprint density at radius 3 is 2.24 bits per heavy atom. The SMILES string of the molecule is Nc1ccccc1NC(=O)CCCCC(=O)NCc1ccccc1-c1ccc(C2OC(CSCCO)CC(c3ccc(CO)cc3)O2)cc1. The molecule has 1 aliphatic heterocycles. The average Bonchev–Trinajstić information content (AvgIpc) is 3.14. The highest BCUT2D eigenvalue weighted by Crippen LogP contribution is 2.39. The first-order valence-electron chi connectivity index (χ1n) is 16.7. The lowest BCUT2D eigenvalue weighted by molar-refractivity contribution is -0.245. The van der Waals surface area contributed by atoms with Gasteiger partial charge in [0, 0.05) is 42.9 Å². The molecular weight excluding hydrogens is 639 g/mol. The molecule has 2 amide bonds. The second-order valence-corrected chi connectivity index (χ2v) is 13.2. The summed E-state index contributed by atoms with van der Waals surface area (Å²) in [4.78, 5) is 24.9. The van der Waals surface area contributed by atoms with Gasteiger partial charge in [-0.1, -0.05) is 84.9 Å². The summed E-state index contributed by atoms with van der Waals surface area (Å²) < 4.78 is 12.9. The van der Waals surface area contributed by atoms with Crippen molar-refractivity contribution in [3.8, 4) is 11.1 Å². The van der Waals surface area contributed by atoms with Crippen molar-refractivity contribution in [3.63, 3.8) is 0 Å². The van der Waals surface area contributed by atoms with E-state index in [1.54, 1.807) is 23.9 Å². The van der Waals surface area contributed by atoms with Crippen molar-refractivity contribution in [2.75, 3.05) is 29.2 Å². The van der Waals surface area contributed by atoms with Gasteiger partial charge in [0.1, 0.15) is 0 Å². The van der Waals surface area contributed by atoms with Gasteiger partial charge in [0.25, 0.3) is 0 Å². The van der Waals surface area contributed by atoms with Crippen molar-refractivity contribution in [3.05, 3.63) is 119 Å². The number of aliphatic hydroxyl groups is 2. The number of amides is 2. The van der Waals surface area contributed by atoms with Crippen LogP contribution in [0.1, 0.15) is 66.8 Å². The molecule has 1 aliphatic rings. The Balaban J connectivity index is 1.15. The zero-order valence-corrected chi connectivity index (χ0v) is 28.4. The molecule has 0 bridgehead atoms. The summed E-state index contributed by atoms with van der Waals surface area (Å²) in [5, 5.41) is 24.6. The van der Waals surface area contributed by atoms with Gasteiger partial charge in [0.15, 0.2) is 6.29 Å². The summed E-state index contributed by atoms with van der Waals surface area (Å²) in [6, 6.07) is 31.1. The summed E-state index contributed by atoms with van der Waals surface area (Å²) in [6.07, 6.45) is 1.79. The number of carbonyl (C=O) groups excluding carboxylic acids is 2. The highest BCUT2D eigenvalue weighted by Gasteiger charge is 2.32. The molecule has 3 unspecified atom stereocenters. The molecule has 49 heavy (non-hydrogen) atoms. The number of unbranched alkanes of at least 4 members (excludes halogenated alkanes) is 1. The zero-order chi connectivity index (χ0) is 34.4. The third-order valence-electron chi connectivity index (χ3n) is 8.43. The van der Waals surface area contributed by atoms with Crippen molar-refractivity contribution in [1.82, 2.24) is 5.32 Å². The summed E-state index contributed by atoms with van der Waals surface area (Å²) in [5.74, 6) is 1.23. The first-order valence-corrected chi connectivity index (χ1v) is 17.9. The number of nitrogen functional groups attached to an aromatic ring is 1. The number of nitrogens with two attached hydrogens (primary N) is 1. The van der Waals surface area contributed by atoms with Gasteiger partial charge in [-0.25, -0.2) is 0 Å². The van der Waals surface area contributed by atoms with Crippen LogP contribution in [0.5, 0.6) is 0 Å². The summed E-state index contributed by atoms with van der Waals surface area (Å²) >= 11 is 1.66. The number of benzene rings is 4. The molecule has 258 valence electrons. The first-order chi connectivity index (χ1) is 23.9. The van der Waals surface area contributed by atoms with Crippen LogP contribution in [0.4, 0.5) is 11.4 Å². The Morgan fingerprint density at radius 1 is 0.816 bits per heavy atom. The fourth-order valence-electron chi connectivity index (χ4n) is 5.75. The molecule has 3 atom stereocenters. The molecule has 0 saturated carbocycles. The van der Waals surface area contributed by atoms with Crippen LogP contribution >= 0.6 is 11.8 Å². The summed E-state index contributed by atoms with van der Waals surface area (Å²) in [6.45, 7) is 0.513. The summed E-state index contributed by atoms with van der Waals surface area (Å²) in [5.41, 5.74) is 12.8. The van der Waals surface area contributed by atoms with Crippen LogP contribution in [0.2, 0.25) is 0 Å². The largest absolute Gasteiger partial charge is 0.397 e. The standard InChI is InChI=1S/C39H45N3O6S/c40-34-9-3-4-10-35(34)42-38(46)12-6-5-11-37(45)41-24-31-7-1-2-8-33(31)28-17-19-30(20-18-28)39-47-32(26-49-22-21-43)23-36(48-39)29-15-13-27(25-44)14-16-29/h1-4,7-10,13-20,32,36,39,43-44H,5-6,11-12,21-26,40H2,(H,41,45)(H,42,46). The van der Waals surface area contributed by atoms with Gasteiger partial charge < -0.3 is 36.1 Å². The highest BCUT2D eigenvalue weighted by atomic mass is 32.2. The molecular formula is C39H45N3O6S. The predicted molar refractivity (Wildman–Crippen MR) is 195 cm³/mol. The van der Waals surface area contributed by atoms with Gasteiger partial charge in [0.05, 0.1) is 36.8 Å². The Bertz CT molecular complexity index is 1650. The molecule has 10 heteroatoms. The predicted octanol–water partition coefficient (Wildman–Crippen LogP) is 6.51. The first kappa shape index (κ1) is 36.1. The zero-order valence-electron chi connectivity index (χ0n) is 27.6. The maximum absolute atomic E-state index is 12.7. The molecule has 0 aliphatic carbocycles.